The van der Waals surface area contributed by atoms with Crippen LogP contribution in [0.1, 0.15) is 6.92 Å². The van der Waals surface area contributed by atoms with Crippen molar-refractivity contribution in [1.82, 2.24) is 0 Å². The first-order chi connectivity index (χ1) is 10.7. The number of hydrogen-bond acceptors (Lipinski definition) is 3. The smallest absolute Gasteiger partial charge is 0.264 e. The number of hydrogen-bond donors (Lipinski definition) is 2. The third-order valence-corrected chi connectivity index (χ3v) is 4.46. The number of halogens is 3. The molecule has 2 rings (SSSR count). The highest BCUT2D eigenvalue weighted by Gasteiger charge is 2.21. The topological polar surface area (TPSA) is 75.3 Å². The number of rotatable bonds is 4. The maximum atomic E-state index is 13.6. The van der Waals surface area contributed by atoms with Crippen molar-refractivity contribution in [1.29, 1.82) is 0 Å². The molecular formula is C14H11ClF2N2O3S. The van der Waals surface area contributed by atoms with Gasteiger partial charge in [-0.3, -0.25) is 9.52 Å². The summed E-state index contributed by atoms with van der Waals surface area (Å²) in [5, 5.41) is 2.61. The minimum atomic E-state index is -4.35. The summed E-state index contributed by atoms with van der Waals surface area (Å²) in [5.41, 5.74) is 0.209. The monoisotopic (exact) mass is 360 g/mol. The summed E-state index contributed by atoms with van der Waals surface area (Å²) in [6.45, 7) is 1.26. The summed E-state index contributed by atoms with van der Waals surface area (Å²) in [7, 11) is -4.35. The first-order valence-electron chi connectivity index (χ1n) is 6.24. The number of benzene rings is 2. The van der Waals surface area contributed by atoms with E-state index in [0.717, 1.165) is 18.2 Å². The average molecular weight is 361 g/mol. The Balaban J connectivity index is 2.38. The molecule has 0 aromatic heterocycles. The Bertz CT molecular complexity index is 872. The molecule has 2 aromatic carbocycles. The highest BCUT2D eigenvalue weighted by atomic mass is 35.5. The maximum absolute atomic E-state index is 13.6. The molecule has 0 saturated heterocycles. The molecule has 0 radical (unpaired) electrons. The molecule has 0 aliphatic carbocycles. The lowest BCUT2D eigenvalue weighted by Gasteiger charge is -2.11. The van der Waals surface area contributed by atoms with Gasteiger partial charge in [-0.05, 0) is 30.3 Å². The van der Waals surface area contributed by atoms with Crippen LogP contribution in [0.2, 0.25) is 5.02 Å². The summed E-state index contributed by atoms with van der Waals surface area (Å²) < 4.78 is 53.2. The predicted octanol–water partition coefficient (Wildman–Crippen LogP) is 3.38. The zero-order valence-corrected chi connectivity index (χ0v) is 13.3. The van der Waals surface area contributed by atoms with Gasteiger partial charge in [-0.25, -0.2) is 17.2 Å². The van der Waals surface area contributed by atoms with Crippen LogP contribution < -0.4 is 10.0 Å². The highest BCUT2D eigenvalue weighted by molar-refractivity contribution is 7.92. The quantitative estimate of drug-likeness (QED) is 0.877. The Morgan fingerprint density at radius 2 is 1.87 bits per heavy atom. The minimum Gasteiger partial charge on any atom is -0.325 e. The Hall–Kier alpha value is -2.19. The molecule has 23 heavy (non-hydrogen) atoms. The van der Waals surface area contributed by atoms with Crippen molar-refractivity contribution < 1.29 is 22.0 Å². The van der Waals surface area contributed by atoms with Crippen LogP contribution in [0.4, 0.5) is 20.2 Å². The van der Waals surface area contributed by atoms with Crippen LogP contribution in [0.3, 0.4) is 0 Å². The number of amides is 1. The van der Waals surface area contributed by atoms with Gasteiger partial charge in [0.15, 0.2) is 11.6 Å². The summed E-state index contributed by atoms with van der Waals surface area (Å²) in [4.78, 5) is 10.2. The molecular weight excluding hydrogens is 350 g/mol. The lowest BCUT2D eigenvalue weighted by molar-refractivity contribution is -0.114. The van der Waals surface area contributed by atoms with E-state index in [1.54, 1.807) is 0 Å². The van der Waals surface area contributed by atoms with E-state index in [4.69, 9.17) is 11.6 Å². The molecule has 5 nitrogen and oxygen atoms in total. The normalized spacial score (nSPS) is 11.1. The lowest BCUT2D eigenvalue weighted by Crippen LogP contribution is -2.15. The van der Waals surface area contributed by atoms with Gasteiger partial charge in [-0.15, -0.1) is 0 Å². The second-order valence-corrected chi connectivity index (χ2v) is 6.59. The van der Waals surface area contributed by atoms with Gasteiger partial charge in [0, 0.05) is 6.92 Å². The zero-order chi connectivity index (χ0) is 17.2. The van der Waals surface area contributed by atoms with Crippen LogP contribution in [0, 0.1) is 11.6 Å². The van der Waals surface area contributed by atoms with Crippen molar-refractivity contribution in [2.24, 2.45) is 0 Å². The third kappa shape index (κ3) is 3.96. The fourth-order valence-corrected chi connectivity index (χ4v) is 3.08. The van der Waals surface area contributed by atoms with Gasteiger partial charge in [0.25, 0.3) is 10.0 Å². The van der Waals surface area contributed by atoms with Crippen molar-refractivity contribution in [3.05, 3.63) is 53.1 Å². The molecule has 1 amide bonds. The van der Waals surface area contributed by atoms with E-state index in [9.17, 15) is 22.0 Å². The van der Waals surface area contributed by atoms with Gasteiger partial charge < -0.3 is 5.32 Å². The molecule has 0 aliphatic rings. The summed E-state index contributed by atoms with van der Waals surface area (Å²) in [6.07, 6.45) is 0. The van der Waals surface area contributed by atoms with Gasteiger partial charge in [0.1, 0.15) is 4.90 Å². The van der Waals surface area contributed by atoms with E-state index in [-0.39, 0.29) is 16.4 Å². The fourth-order valence-electron chi connectivity index (χ4n) is 1.78. The SMILES string of the molecule is CC(=O)Nc1cc(NS(=O)(=O)c2cccc(F)c2F)ccc1Cl. The Kier molecular flexibility index (Phi) is 4.86. The molecule has 0 heterocycles. The van der Waals surface area contributed by atoms with Crippen molar-refractivity contribution >= 4 is 38.9 Å². The van der Waals surface area contributed by atoms with E-state index < -0.39 is 32.5 Å². The van der Waals surface area contributed by atoms with Crippen molar-refractivity contribution in [2.75, 3.05) is 10.0 Å². The van der Waals surface area contributed by atoms with E-state index in [1.165, 1.54) is 25.1 Å². The lowest BCUT2D eigenvalue weighted by atomic mass is 10.3. The number of nitrogens with one attached hydrogen (secondary N) is 2. The van der Waals surface area contributed by atoms with Crippen molar-refractivity contribution in [3.63, 3.8) is 0 Å². The second-order valence-electron chi connectivity index (χ2n) is 4.53. The van der Waals surface area contributed by atoms with E-state index in [0.29, 0.717) is 0 Å². The number of anilines is 2. The fraction of sp³-hybridized carbons (Fsp3) is 0.0714. The van der Waals surface area contributed by atoms with Crippen molar-refractivity contribution in [2.45, 2.75) is 11.8 Å². The van der Waals surface area contributed by atoms with E-state index in [1.807, 2.05) is 0 Å². The third-order valence-electron chi connectivity index (χ3n) is 2.73. The number of carbonyl (C=O) groups is 1. The van der Waals surface area contributed by atoms with Crippen molar-refractivity contribution in [3.8, 4) is 0 Å². The molecule has 0 aliphatic heterocycles. The van der Waals surface area contributed by atoms with Gasteiger partial charge in [-0.1, -0.05) is 17.7 Å². The van der Waals surface area contributed by atoms with Gasteiger partial charge in [0.05, 0.1) is 16.4 Å². The van der Waals surface area contributed by atoms with Crippen LogP contribution in [0.25, 0.3) is 0 Å². The second kappa shape index (κ2) is 6.51. The number of carbonyl (C=O) groups excluding carboxylic acids is 1. The van der Waals surface area contributed by atoms with Gasteiger partial charge in [0.2, 0.25) is 5.91 Å². The van der Waals surface area contributed by atoms with Crippen LogP contribution in [-0.4, -0.2) is 14.3 Å². The minimum absolute atomic E-state index is 0.0295. The molecule has 0 unspecified atom stereocenters. The van der Waals surface area contributed by atoms with Crippen LogP contribution in [-0.2, 0) is 14.8 Å². The molecule has 0 saturated carbocycles. The highest BCUT2D eigenvalue weighted by Crippen LogP contribution is 2.27. The largest absolute Gasteiger partial charge is 0.325 e. The average Bonchev–Trinajstić information content (AvgIpc) is 2.44. The molecule has 2 aromatic rings. The molecule has 0 bridgehead atoms. The summed E-state index contributed by atoms with van der Waals surface area (Å²) in [6, 6.07) is 6.77. The molecule has 9 heteroatoms. The Morgan fingerprint density at radius 1 is 1.17 bits per heavy atom. The summed E-state index contributed by atoms with van der Waals surface area (Å²) in [5.74, 6) is -3.15. The Labute approximate surface area is 136 Å². The first-order valence-corrected chi connectivity index (χ1v) is 8.11. The van der Waals surface area contributed by atoms with Crippen LogP contribution in [0.15, 0.2) is 41.3 Å². The van der Waals surface area contributed by atoms with Gasteiger partial charge in [-0.2, -0.15) is 0 Å². The number of sulfonamides is 1. The Morgan fingerprint density at radius 3 is 2.52 bits per heavy atom. The summed E-state index contributed by atoms with van der Waals surface area (Å²) >= 11 is 5.87. The molecule has 0 atom stereocenters. The zero-order valence-electron chi connectivity index (χ0n) is 11.7. The molecule has 0 spiro atoms. The van der Waals surface area contributed by atoms with Crippen LogP contribution in [0.5, 0.6) is 0 Å². The van der Waals surface area contributed by atoms with E-state index >= 15 is 0 Å². The maximum Gasteiger partial charge on any atom is 0.264 e. The first kappa shape index (κ1) is 17.2. The van der Waals surface area contributed by atoms with E-state index in [2.05, 4.69) is 10.0 Å². The molecule has 0 fully saturated rings. The standard InChI is InChI=1S/C14H11ClF2N2O3S/c1-8(20)18-12-7-9(5-6-10(12)15)19-23(21,22)13-4-2-3-11(16)14(13)17/h2-7,19H,1H3,(H,18,20). The van der Waals surface area contributed by atoms with Gasteiger partial charge >= 0.3 is 0 Å². The predicted molar refractivity (Wildman–Crippen MR) is 82.9 cm³/mol. The molecule has 122 valence electrons. The molecule has 2 N–H and O–H groups in total. The van der Waals surface area contributed by atoms with Crippen LogP contribution >= 0.6 is 11.6 Å².